The van der Waals surface area contributed by atoms with E-state index in [0.29, 0.717) is 30.9 Å². The molecule has 1 aromatic carbocycles. The lowest BCUT2D eigenvalue weighted by Gasteiger charge is -2.22. The maximum Gasteiger partial charge on any atom is 0.330 e. The Morgan fingerprint density at radius 1 is 1.17 bits per heavy atom. The zero-order chi connectivity index (χ0) is 17.0. The smallest absolute Gasteiger partial charge is 0.299 e. The molecule has 122 valence electrons. The second-order valence-electron chi connectivity index (χ2n) is 5.42. The van der Waals surface area contributed by atoms with Crippen molar-refractivity contribution in [2.24, 2.45) is 14.1 Å². The standard InChI is InChI=1S/C17H20FN3O2/c1-4-9-21(11-13-7-5-6-8-15(13)18)12-14-10-16(22)20(3)17(23)19(14)2/h4-8,10H,1,9,11-12H2,2-3H3. The number of aromatic nitrogens is 2. The summed E-state index contributed by atoms with van der Waals surface area (Å²) in [7, 11) is 3.06. The van der Waals surface area contributed by atoms with E-state index in [9.17, 15) is 14.0 Å². The van der Waals surface area contributed by atoms with Crippen LogP contribution in [0.4, 0.5) is 4.39 Å². The first-order valence-electron chi connectivity index (χ1n) is 7.26. The second kappa shape index (κ2) is 7.19. The van der Waals surface area contributed by atoms with Gasteiger partial charge in [-0.1, -0.05) is 24.3 Å². The summed E-state index contributed by atoms with van der Waals surface area (Å²) in [5, 5.41) is 0. The van der Waals surface area contributed by atoms with Crippen LogP contribution < -0.4 is 11.2 Å². The summed E-state index contributed by atoms with van der Waals surface area (Å²) in [5.74, 6) is -0.278. The molecule has 0 unspecified atom stereocenters. The first-order chi connectivity index (χ1) is 10.9. The Bertz CT molecular complexity index is 823. The number of hydrogen-bond acceptors (Lipinski definition) is 3. The van der Waals surface area contributed by atoms with Crippen LogP contribution in [-0.4, -0.2) is 20.6 Å². The molecule has 2 aromatic rings. The van der Waals surface area contributed by atoms with Crippen molar-refractivity contribution in [3.63, 3.8) is 0 Å². The molecule has 0 saturated carbocycles. The van der Waals surface area contributed by atoms with Gasteiger partial charge in [0.25, 0.3) is 5.56 Å². The average molecular weight is 317 g/mol. The molecule has 0 atom stereocenters. The van der Waals surface area contributed by atoms with Crippen LogP contribution in [0.3, 0.4) is 0 Å². The lowest BCUT2D eigenvalue weighted by molar-refractivity contribution is 0.273. The van der Waals surface area contributed by atoms with Crippen molar-refractivity contribution in [2.75, 3.05) is 6.54 Å². The van der Waals surface area contributed by atoms with Gasteiger partial charge >= 0.3 is 5.69 Å². The molecule has 0 fully saturated rings. The van der Waals surface area contributed by atoms with E-state index in [4.69, 9.17) is 0 Å². The van der Waals surface area contributed by atoms with E-state index in [2.05, 4.69) is 6.58 Å². The van der Waals surface area contributed by atoms with Crippen LogP contribution in [0.15, 0.2) is 52.6 Å². The second-order valence-corrected chi connectivity index (χ2v) is 5.42. The van der Waals surface area contributed by atoms with Gasteiger partial charge in [0.05, 0.1) is 0 Å². The van der Waals surface area contributed by atoms with Crippen molar-refractivity contribution in [3.8, 4) is 0 Å². The van der Waals surface area contributed by atoms with Gasteiger partial charge in [0.15, 0.2) is 0 Å². The van der Waals surface area contributed by atoms with Crippen molar-refractivity contribution in [1.29, 1.82) is 0 Å². The normalized spacial score (nSPS) is 11.0. The fourth-order valence-electron chi connectivity index (χ4n) is 2.39. The molecule has 1 heterocycles. The van der Waals surface area contributed by atoms with E-state index < -0.39 is 0 Å². The molecule has 0 N–H and O–H groups in total. The van der Waals surface area contributed by atoms with Gasteiger partial charge in [0, 0.05) is 51.1 Å². The van der Waals surface area contributed by atoms with E-state index in [-0.39, 0.29) is 17.1 Å². The predicted octanol–water partition coefficient (Wildman–Crippen LogP) is 1.41. The first-order valence-corrected chi connectivity index (χ1v) is 7.26. The molecule has 5 nitrogen and oxygen atoms in total. The Morgan fingerprint density at radius 3 is 2.52 bits per heavy atom. The van der Waals surface area contributed by atoms with Crippen LogP contribution in [0, 0.1) is 5.82 Å². The van der Waals surface area contributed by atoms with Gasteiger partial charge in [-0.25, -0.2) is 9.18 Å². The Morgan fingerprint density at radius 2 is 1.87 bits per heavy atom. The van der Waals surface area contributed by atoms with Crippen molar-refractivity contribution in [1.82, 2.24) is 14.0 Å². The Kier molecular flexibility index (Phi) is 5.28. The summed E-state index contributed by atoms with van der Waals surface area (Å²) in [6, 6.07) is 7.97. The fraction of sp³-hybridized carbons (Fsp3) is 0.294. The summed E-state index contributed by atoms with van der Waals surface area (Å²) in [6.07, 6.45) is 1.71. The fourth-order valence-corrected chi connectivity index (χ4v) is 2.39. The molecule has 0 amide bonds. The molecular weight excluding hydrogens is 297 g/mol. The van der Waals surface area contributed by atoms with E-state index in [0.717, 1.165) is 4.57 Å². The molecule has 0 spiro atoms. The number of hydrogen-bond donors (Lipinski definition) is 0. The van der Waals surface area contributed by atoms with Crippen LogP contribution in [0.5, 0.6) is 0 Å². The van der Waals surface area contributed by atoms with Crippen molar-refractivity contribution >= 4 is 0 Å². The zero-order valence-electron chi connectivity index (χ0n) is 13.3. The number of rotatable bonds is 6. The zero-order valence-corrected chi connectivity index (χ0v) is 13.3. The summed E-state index contributed by atoms with van der Waals surface area (Å²) in [5.41, 5.74) is 0.406. The summed E-state index contributed by atoms with van der Waals surface area (Å²) < 4.78 is 16.3. The van der Waals surface area contributed by atoms with Crippen LogP contribution >= 0.6 is 0 Å². The Hall–Kier alpha value is -2.47. The van der Waals surface area contributed by atoms with Gasteiger partial charge in [-0.2, -0.15) is 0 Å². The van der Waals surface area contributed by atoms with Crippen LogP contribution in [0.25, 0.3) is 0 Å². The molecule has 0 aliphatic carbocycles. The lowest BCUT2D eigenvalue weighted by Crippen LogP contribution is -2.39. The highest BCUT2D eigenvalue weighted by Gasteiger charge is 2.12. The third-order valence-electron chi connectivity index (χ3n) is 3.75. The molecule has 0 radical (unpaired) electrons. The summed E-state index contributed by atoms with van der Waals surface area (Å²) in [4.78, 5) is 25.7. The molecule has 1 aromatic heterocycles. The highest BCUT2D eigenvalue weighted by molar-refractivity contribution is 5.17. The molecule has 0 aliphatic heterocycles. The Balaban J connectivity index is 2.30. The van der Waals surface area contributed by atoms with E-state index in [1.165, 1.54) is 23.7 Å². The van der Waals surface area contributed by atoms with Gasteiger partial charge in [-0.15, -0.1) is 6.58 Å². The van der Waals surface area contributed by atoms with Gasteiger partial charge in [0.2, 0.25) is 0 Å². The van der Waals surface area contributed by atoms with E-state index in [1.807, 2.05) is 4.90 Å². The van der Waals surface area contributed by atoms with Gasteiger partial charge < -0.3 is 0 Å². The minimum atomic E-state index is -0.378. The minimum Gasteiger partial charge on any atom is -0.299 e. The van der Waals surface area contributed by atoms with Crippen molar-refractivity contribution < 1.29 is 4.39 Å². The topological polar surface area (TPSA) is 47.2 Å². The maximum atomic E-state index is 13.8. The third kappa shape index (κ3) is 3.84. The lowest BCUT2D eigenvalue weighted by atomic mass is 10.2. The van der Waals surface area contributed by atoms with Crippen LogP contribution in [0.2, 0.25) is 0 Å². The molecule has 2 rings (SSSR count). The largest absolute Gasteiger partial charge is 0.330 e. The van der Waals surface area contributed by atoms with Crippen LogP contribution in [0.1, 0.15) is 11.3 Å². The molecule has 0 bridgehead atoms. The Labute approximate surface area is 133 Å². The van der Waals surface area contributed by atoms with Crippen LogP contribution in [-0.2, 0) is 27.2 Å². The number of nitrogens with zero attached hydrogens (tertiary/aromatic N) is 3. The maximum absolute atomic E-state index is 13.8. The highest BCUT2D eigenvalue weighted by atomic mass is 19.1. The molecule has 0 saturated heterocycles. The van der Waals surface area contributed by atoms with Crippen molar-refractivity contribution in [3.05, 3.63) is 80.9 Å². The summed E-state index contributed by atoms with van der Waals surface area (Å²) in [6.45, 7) is 4.93. The average Bonchev–Trinajstić information content (AvgIpc) is 2.53. The summed E-state index contributed by atoms with van der Waals surface area (Å²) >= 11 is 0. The number of benzene rings is 1. The highest BCUT2D eigenvalue weighted by Crippen LogP contribution is 2.12. The van der Waals surface area contributed by atoms with Gasteiger partial charge in [-0.3, -0.25) is 18.8 Å². The first kappa shape index (κ1) is 16.9. The quantitative estimate of drug-likeness (QED) is 0.757. The predicted molar refractivity (Wildman–Crippen MR) is 87.6 cm³/mol. The van der Waals surface area contributed by atoms with E-state index >= 15 is 0 Å². The molecule has 23 heavy (non-hydrogen) atoms. The molecular formula is C17H20FN3O2. The van der Waals surface area contributed by atoms with Gasteiger partial charge in [0.1, 0.15) is 5.82 Å². The van der Waals surface area contributed by atoms with Crippen molar-refractivity contribution in [2.45, 2.75) is 13.1 Å². The van der Waals surface area contributed by atoms with E-state index in [1.54, 1.807) is 31.3 Å². The molecule has 0 aliphatic rings. The monoisotopic (exact) mass is 317 g/mol. The minimum absolute atomic E-state index is 0.278. The molecule has 6 heteroatoms. The number of halogens is 1. The van der Waals surface area contributed by atoms with Gasteiger partial charge in [-0.05, 0) is 6.07 Å². The SMILES string of the molecule is C=CCN(Cc1ccccc1F)Cc1cc(=O)n(C)c(=O)n1C. The third-order valence-corrected chi connectivity index (χ3v) is 3.75.